The first kappa shape index (κ1) is 11.4. The summed E-state index contributed by atoms with van der Waals surface area (Å²) in [7, 11) is 1.91. The van der Waals surface area contributed by atoms with Gasteiger partial charge in [-0.15, -0.1) is 0 Å². The van der Waals surface area contributed by atoms with Crippen LogP contribution >= 0.6 is 11.6 Å². The third kappa shape index (κ3) is 2.37. The Labute approximate surface area is 104 Å². The quantitative estimate of drug-likeness (QED) is 0.900. The van der Waals surface area contributed by atoms with Crippen molar-refractivity contribution in [2.24, 2.45) is 7.05 Å². The first-order valence-electron chi connectivity index (χ1n) is 4.97. The van der Waals surface area contributed by atoms with Crippen molar-refractivity contribution in [1.29, 1.82) is 5.26 Å². The number of rotatable bonds is 3. The monoisotopic (exact) mass is 247 g/mol. The number of pyridine rings is 1. The first-order chi connectivity index (χ1) is 8.22. The summed E-state index contributed by atoms with van der Waals surface area (Å²) in [5, 5.41) is 12.2. The van der Waals surface area contributed by atoms with E-state index in [4.69, 9.17) is 16.9 Å². The number of nitrogens with zero attached hydrogens (tertiary/aromatic N) is 4. The average molecular weight is 248 g/mol. The van der Waals surface area contributed by atoms with Gasteiger partial charge in [-0.05, 0) is 6.07 Å². The van der Waals surface area contributed by atoms with E-state index in [-0.39, 0.29) is 0 Å². The molecule has 2 aromatic heterocycles. The molecule has 0 bridgehead atoms. The molecule has 0 fully saturated rings. The highest BCUT2D eigenvalue weighted by atomic mass is 35.5. The number of hydrogen-bond donors (Lipinski definition) is 1. The fourth-order valence-corrected chi connectivity index (χ4v) is 1.60. The number of nitrogens with one attached hydrogen (secondary N) is 1. The van der Waals surface area contributed by atoms with Crippen molar-refractivity contribution in [2.45, 2.75) is 6.54 Å². The van der Waals surface area contributed by atoms with E-state index in [1.807, 2.05) is 23.9 Å². The number of anilines is 1. The van der Waals surface area contributed by atoms with Gasteiger partial charge < -0.3 is 9.88 Å². The van der Waals surface area contributed by atoms with Gasteiger partial charge >= 0.3 is 0 Å². The van der Waals surface area contributed by atoms with Crippen LogP contribution in [-0.4, -0.2) is 14.5 Å². The summed E-state index contributed by atoms with van der Waals surface area (Å²) in [5.74, 6) is 1.36. The van der Waals surface area contributed by atoms with E-state index in [9.17, 15) is 0 Å². The van der Waals surface area contributed by atoms with Crippen molar-refractivity contribution in [2.75, 3.05) is 5.32 Å². The minimum atomic E-state index is 0.337. The second kappa shape index (κ2) is 4.85. The smallest absolute Gasteiger partial charge is 0.146 e. The van der Waals surface area contributed by atoms with Crippen LogP contribution in [-0.2, 0) is 13.6 Å². The summed E-state index contributed by atoms with van der Waals surface area (Å²) in [6.07, 6.45) is 5.13. The van der Waals surface area contributed by atoms with Crippen LogP contribution in [0.4, 0.5) is 5.82 Å². The van der Waals surface area contributed by atoms with E-state index in [1.54, 1.807) is 18.5 Å². The second-order valence-corrected chi connectivity index (χ2v) is 3.82. The third-order valence-corrected chi connectivity index (χ3v) is 2.73. The van der Waals surface area contributed by atoms with Gasteiger partial charge in [0.2, 0.25) is 0 Å². The molecule has 0 aromatic carbocycles. The zero-order valence-electron chi connectivity index (χ0n) is 9.18. The number of aromatic nitrogens is 3. The van der Waals surface area contributed by atoms with Crippen LogP contribution in [0.25, 0.3) is 0 Å². The molecule has 0 saturated carbocycles. The van der Waals surface area contributed by atoms with Gasteiger partial charge in [-0.3, -0.25) is 0 Å². The molecule has 0 amide bonds. The maximum atomic E-state index is 8.83. The lowest BCUT2D eigenvalue weighted by Gasteiger charge is -2.07. The lowest BCUT2D eigenvalue weighted by atomic mass is 10.3. The molecule has 0 spiro atoms. The number of hydrogen-bond acceptors (Lipinski definition) is 4. The lowest BCUT2D eigenvalue weighted by molar-refractivity contribution is 0.811. The van der Waals surface area contributed by atoms with Crippen LogP contribution in [0, 0.1) is 11.3 Å². The Balaban J connectivity index is 2.15. The van der Waals surface area contributed by atoms with Gasteiger partial charge in [0.25, 0.3) is 0 Å². The van der Waals surface area contributed by atoms with Crippen LogP contribution in [0.15, 0.2) is 24.7 Å². The maximum absolute atomic E-state index is 8.83. The summed E-state index contributed by atoms with van der Waals surface area (Å²) in [5.41, 5.74) is 0.406. The van der Waals surface area contributed by atoms with E-state index in [2.05, 4.69) is 15.3 Å². The predicted octanol–water partition coefficient (Wildman–Crippen LogP) is 1.95. The molecular formula is C11H10ClN5. The molecule has 0 atom stereocenters. The van der Waals surface area contributed by atoms with Crippen LogP contribution < -0.4 is 5.32 Å². The van der Waals surface area contributed by atoms with Crippen molar-refractivity contribution < 1.29 is 0 Å². The van der Waals surface area contributed by atoms with E-state index in [0.29, 0.717) is 22.9 Å². The summed E-state index contributed by atoms with van der Waals surface area (Å²) in [4.78, 5) is 8.25. The predicted molar refractivity (Wildman–Crippen MR) is 64.5 cm³/mol. The molecule has 2 heterocycles. The largest absolute Gasteiger partial charge is 0.362 e. The summed E-state index contributed by atoms with van der Waals surface area (Å²) in [6.45, 7) is 0.505. The molecule has 0 saturated heterocycles. The molecule has 17 heavy (non-hydrogen) atoms. The number of imidazole rings is 1. The normalized spacial score (nSPS) is 9.94. The molecule has 0 unspecified atom stereocenters. The highest BCUT2D eigenvalue weighted by molar-refractivity contribution is 6.34. The van der Waals surface area contributed by atoms with Crippen molar-refractivity contribution >= 4 is 17.4 Å². The average Bonchev–Trinajstić information content (AvgIpc) is 2.74. The zero-order valence-corrected chi connectivity index (χ0v) is 9.94. The fraction of sp³-hybridized carbons (Fsp3) is 0.182. The van der Waals surface area contributed by atoms with Crippen molar-refractivity contribution in [1.82, 2.24) is 14.5 Å². The highest BCUT2D eigenvalue weighted by Crippen LogP contribution is 2.22. The van der Waals surface area contributed by atoms with Crippen molar-refractivity contribution in [3.05, 3.63) is 41.1 Å². The van der Waals surface area contributed by atoms with Gasteiger partial charge in [-0.2, -0.15) is 5.26 Å². The Kier molecular flexibility index (Phi) is 3.26. The molecular weight excluding hydrogens is 238 g/mol. The Morgan fingerprint density at radius 3 is 2.94 bits per heavy atom. The van der Waals surface area contributed by atoms with Gasteiger partial charge in [0.15, 0.2) is 0 Å². The van der Waals surface area contributed by atoms with Gasteiger partial charge in [0.1, 0.15) is 22.7 Å². The van der Waals surface area contributed by atoms with Crippen LogP contribution in [0.5, 0.6) is 0 Å². The molecule has 1 N–H and O–H groups in total. The molecule has 2 rings (SSSR count). The molecule has 0 aliphatic carbocycles. The molecule has 0 radical (unpaired) electrons. The lowest BCUT2D eigenvalue weighted by Crippen LogP contribution is -2.07. The summed E-state index contributed by atoms with van der Waals surface area (Å²) in [6, 6.07) is 3.59. The van der Waals surface area contributed by atoms with Gasteiger partial charge in [-0.25, -0.2) is 9.97 Å². The Bertz CT molecular complexity index is 569. The Morgan fingerprint density at radius 2 is 2.29 bits per heavy atom. The second-order valence-electron chi connectivity index (χ2n) is 3.44. The molecule has 0 aliphatic rings. The van der Waals surface area contributed by atoms with E-state index < -0.39 is 0 Å². The van der Waals surface area contributed by atoms with Gasteiger partial charge in [0.05, 0.1) is 12.1 Å². The molecule has 5 nitrogen and oxygen atoms in total. The third-order valence-electron chi connectivity index (χ3n) is 2.34. The van der Waals surface area contributed by atoms with E-state index in [0.717, 1.165) is 5.82 Å². The highest BCUT2D eigenvalue weighted by Gasteiger charge is 2.07. The molecule has 2 aromatic rings. The first-order valence-corrected chi connectivity index (χ1v) is 5.35. The molecule has 86 valence electrons. The fourth-order valence-electron chi connectivity index (χ4n) is 1.38. The summed E-state index contributed by atoms with van der Waals surface area (Å²) >= 11 is 6.01. The zero-order chi connectivity index (χ0) is 12.3. The topological polar surface area (TPSA) is 66.5 Å². The minimum absolute atomic E-state index is 0.337. The van der Waals surface area contributed by atoms with Crippen molar-refractivity contribution in [3.63, 3.8) is 0 Å². The molecule has 6 heteroatoms. The van der Waals surface area contributed by atoms with Crippen LogP contribution in [0.1, 0.15) is 11.4 Å². The van der Waals surface area contributed by atoms with Crippen molar-refractivity contribution in [3.8, 4) is 6.07 Å². The van der Waals surface area contributed by atoms with E-state index in [1.165, 1.54) is 0 Å². The standard InChI is InChI=1S/C11H10ClN5/c1-17-5-4-14-9(17)7-16-11-10(12)8(6-13)2-3-15-11/h2-5H,7H2,1H3,(H,15,16). The SMILES string of the molecule is Cn1ccnc1CNc1nccc(C#N)c1Cl. The number of aryl methyl sites for hydroxylation is 1. The number of nitriles is 1. The minimum Gasteiger partial charge on any atom is -0.362 e. The van der Waals surface area contributed by atoms with Gasteiger partial charge in [0, 0.05) is 25.6 Å². The van der Waals surface area contributed by atoms with Crippen LogP contribution in [0.3, 0.4) is 0 Å². The van der Waals surface area contributed by atoms with E-state index >= 15 is 0 Å². The molecule has 0 aliphatic heterocycles. The van der Waals surface area contributed by atoms with Crippen LogP contribution in [0.2, 0.25) is 5.02 Å². The maximum Gasteiger partial charge on any atom is 0.146 e. The van der Waals surface area contributed by atoms with Gasteiger partial charge in [-0.1, -0.05) is 11.6 Å². The Hall–Kier alpha value is -2.06. The Morgan fingerprint density at radius 1 is 1.47 bits per heavy atom. The number of halogens is 1. The summed E-state index contributed by atoms with van der Waals surface area (Å²) < 4.78 is 1.90.